The highest BCUT2D eigenvalue weighted by molar-refractivity contribution is 7.92. The highest BCUT2D eigenvalue weighted by atomic mass is 32.2. The molecule has 0 saturated carbocycles. The second kappa shape index (κ2) is 8.19. The van der Waals surface area contributed by atoms with Crippen molar-refractivity contribution in [2.75, 3.05) is 17.1 Å². The van der Waals surface area contributed by atoms with Crippen molar-refractivity contribution < 1.29 is 13.2 Å². The van der Waals surface area contributed by atoms with Crippen LogP contribution < -0.4 is 9.62 Å². The fourth-order valence-corrected chi connectivity index (χ4v) is 3.50. The Kier molecular flexibility index (Phi) is 6.21. The van der Waals surface area contributed by atoms with Crippen LogP contribution in [-0.4, -0.2) is 27.1 Å². The van der Waals surface area contributed by atoms with E-state index in [-0.39, 0.29) is 12.5 Å². The lowest BCUT2D eigenvalue weighted by atomic mass is 10.1. The largest absolute Gasteiger partial charge is 0.349 e. The minimum absolute atomic E-state index is 0.189. The summed E-state index contributed by atoms with van der Waals surface area (Å²) in [6, 6.07) is 12.7. The van der Waals surface area contributed by atoms with Crippen molar-refractivity contribution in [1.82, 2.24) is 5.32 Å². The number of hydrogen-bond acceptors (Lipinski definition) is 3. The summed E-state index contributed by atoms with van der Waals surface area (Å²) < 4.78 is 26.1. The molecule has 0 saturated heterocycles. The van der Waals surface area contributed by atoms with Crippen molar-refractivity contribution in [3.8, 4) is 0 Å². The Bertz CT molecular complexity index is 903. The summed E-state index contributed by atoms with van der Waals surface area (Å²) in [7, 11) is -3.45. The van der Waals surface area contributed by atoms with Gasteiger partial charge in [0.2, 0.25) is 10.0 Å². The zero-order chi connectivity index (χ0) is 19.3. The van der Waals surface area contributed by atoms with Crippen LogP contribution in [-0.2, 0) is 16.6 Å². The molecule has 0 aliphatic rings. The Morgan fingerprint density at radius 1 is 1.15 bits per heavy atom. The highest BCUT2D eigenvalue weighted by Crippen LogP contribution is 2.26. The number of carbonyl (C=O) groups is 1. The van der Waals surface area contributed by atoms with E-state index in [0.717, 1.165) is 16.7 Å². The number of carbonyl (C=O) groups excluding carboxylic acids is 1. The summed E-state index contributed by atoms with van der Waals surface area (Å²) in [5.41, 5.74) is 3.88. The minimum atomic E-state index is -3.45. The summed E-state index contributed by atoms with van der Waals surface area (Å²) in [6.07, 6.45) is 2.81. The minimum Gasteiger partial charge on any atom is -0.349 e. The molecule has 2 aromatic carbocycles. The Balaban J connectivity index is 2.28. The van der Waals surface area contributed by atoms with E-state index in [1.165, 1.54) is 10.6 Å². The van der Waals surface area contributed by atoms with E-state index in [0.29, 0.717) is 17.8 Å². The Hall–Kier alpha value is -2.60. The van der Waals surface area contributed by atoms with Gasteiger partial charge in [0.15, 0.2) is 0 Å². The molecule has 0 aliphatic carbocycles. The van der Waals surface area contributed by atoms with Gasteiger partial charge >= 0.3 is 0 Å². The van der Waals surface area contributed by atoms with Gasteiger partial charge < -0.3 is 5.32 Å². The molecule has 0 unspecified atom stereocenters. The Morgan fingerprint density at radius 3 is 2.38 bits per heavy atom. The van der Waals surface area contributed by atoms with Gasteiger partial charge in [-0.1, -0.05) is 30.3 Å². The van der Waals surface area contributed by atoms with E-state index >= 15 is 0 Å². The lowest BCUT2D eigenvalue weighted by Crippen LogP contribution is -2.30. The third-order valence-electron chi connectivity index (χ3n) is 3.98. The van der Waals surface area contributed by atoms with Crippen molar-refractivity contribution in [2.45, 2.75) is 20.4 Å². The molecule has 0 bridgehead atoms. The van der Waals surface area contributed by atoms with Crippen molar-refractivity contribution in [3.05, 3.63) is 77.4 Å². The topological polar surface area (TPSA) is 66.5 Å². The number of anilines is 1. The van der Waals surface area contributed by atoms with Crippen LogP contribution in [0.4, 0.5) is 5.69 Å². The van der Waals surface area contributed by atoms with Crippen LogP contribution >= 0.6 is 0 Å². The van der Waals surface area contributed by atoms with Gasteiger partial charge in [-0.2, -0.15) is 0 Å². The summed E-state index contributed by atoms with van der Waals surface area (Å²) >= 11 is 0. The number of rotatable bonds is 7. The van der Waals surface area contributed by atoms with Crippen molar-refractivity contribution in [2.24, 2.45) is 0 Å². The number of aryl methyl sites for hydroxylation is 2. The summed E-state index contributed by atoms with van der Waals surface area (Å²) in [5, 5.41) is 2.71. The fraction of sp³-hybridized carbons (Fsp3) is 0.250. The van der Waals surface area contributed by atoms with E-state index in [2.05, 4.69) is 11.9 Å². The third kappa shape index (κ3) is 4.95. The van der Waals surface area contributed by atoms with E-state index in [4.69, 9.17) is 0 Å². The second-order valence-corrected chi connectivity index (χ2v) is 8.16. The van der Waals surface area contributed by atoms with E-state index in [9.17, 15) is 13.2 Å². The first-order valence-electron chi connectivity index (χ1n) is 8.25. The van der Waals surface area contributed by atoms with Crippen molar-refractivity contribution in [3.63, 3.8) is 0 Å². The van der Waals surface area contributed by atoms with Gasteiger partial charge in [-0.05, 0) is 48.7 Å². The Labute approximate surface area is 155 Å². The standard InChI is InChI=1S/C20H24N2O3S/c1-5-12-21-20(23)18-10-8-17(9-11-18)14-22(26(4,24)25)19-13-15(2)6-7-16(19)3/h5-11,13H,1,12,14H2,2-4H3,(H,21,23). The fourth-order valence-electron chi connectivity index (χ4n) is 2.56. The molecule has 0 fully saturated rings. The quantitative estimate of drug-likeness (QED) is 0.759. The van der Waals surface area contributed by atoms with Crippen LogP contribution in [0.5, 0.6) is 0 Å². The van der Waals surface area contributed by atoms with Crippen molar-refractivity contribution in [1.29, 1.82) is 0 Å². The normalized spacial score (nSPS) is 11.0. The number of sulfonamides is 1. The SMILES string of the molecule is C=CCNC(=O)c1ccc(CN(c2cc(C)ccc2C)S(C)(=O)=O)cc1. The maximum Gasteiger partial charge on any atom is 0.251 e. The third-order valence-corrected chi connectivity index (χ3v) is 5.11. The summed E-state index contributed by atoms with van der Waals surface area (Å²) in [6.45, 7) is 7.98. The zero-order valence-corrected chi connectivity index (χ0v) is 16.1. The zero-order valence-electron chi connectivity index (χ0n) is 15.3. The average molecular weight is 372 g/mol. The van der Waals surface area contributed by atoms with Crippen LogP contribution in [0.15, 0.2) is 55.1 Å². The van der Waals surface area contributed by atoms with Crippen LogP contribution in [0.2, 0.25) is 0 Å². The molecule has 1 amide bonds. The number of amides is 1. The van der Waals surface area contributed by atoms with E-state index < -0.39 is 10.0 Å². The van der Waals surface area contributed by atoms with E-state index in [1.807, 2.05) is 32.0 Å². The molecule has 6 heteroatoms. The molecule has 138 valence electrons. The van der Waals surface area contributed by atoms with E-state index in [1.54, 1.807) is 30.3 Å². The van der Waals surface area contributed by atoms with Crippen LogP contribution in [0.25, 0.3) is 0 Å². The molecular formula is C20H24N2O3S. The predicted molar refractivity (Wildman–Crippen MR) is 106 cm³/mol. The predicted octanol–water partition coefficient (Wildman–Crippen LogP) is 3.19. The molecule has 26 heavy (non-hydrogen) atoms. The maximum absolute atomic E-state index is 12.3. The molecule has 0 aromatic heterocycles. The Morgan fingerprint density at radius 2 is 1.81 bits per heavy atom. The molecule has 5 nitrogen and oxygen atoms in total. The molecule has 0 radical (unpaired) electrons. The van der Waals surface area contributed by atoms with Gasteiger partial charge in [0.25, 0.3) is 5.91 Å². The van der Waals surface area contributed by atoms with Crippen molar-refractivity contribution >= 4 is 21.6 Å². The molecule has 2 rings (SSSR count). The van der Waals surface area contributed by atoms with Gasteiger partial charge in [0.05, 0.1) is 18.5 Å². The number of benzene rings is 2. The molecule has 0 heterocycles. The monoisotopic (exact) mass is 372 g/mol. The molecule has 0 aliphatic heterocycles. The molecule has 0 spiro atoms. The smallest absolute Gasteiger partial charge is 0.251 e. The summed E-state index contributed by atoms with van der Waals surface area (Å²) in [5.74, 6) is -0.189. The van der Waals surface area contributed by atoms with Crippen LogP contribution in [0.3, 0.4) is 0 Å². The maximum atomic E-state index is 12.3. The van der Waals surface area contributed by atoms with Gasteiger partial charge in [-0.25, -0.2) is 8.42 Å². The molecule has 2 aromatic rings. The molecule has 1 N–H and O–H groups in total. The lowest BCUT2D eigenvalue weighted by Gasteiger charge is -2.25. The molecule has 0 atom stereocenters. The highest BCUT2D eigenvalue weighted by Gasteiger charge is 2.20. The number of nitrogens with zero attached hydrogens (tertiary/aromatic N) is 1. The second-order valence-electron chi connectivity index (χ2n) is 6.26. The number of nitrogens with one attached hydrogen (secondary N) is 1. The lowest BCUT2D eigenvalue weighted by molar-refractivity contribution is 0.0958. The van der Waals surface area contributed by atoms with Gasteiger partial charge in [-0.15, -0.1) is 6.58 Å². The van der Waals surface area contributed by atoms with Crippen LogP contribution in [0, 0.1) is 13.8 Å². The van der Waals surface area contributed by atoms with Crippen LogP contribution in [0.1, 0.15) is 27.0 Å². The first-order valence-corrected chi connectivity index (χ1v) is 10.1. The van der Waals surface area contributed by atoms with Gasteiger partial charge in [-0.3, -0.25) is 9.10 Å². The average Bonchev–Trinajstić information content (AvgIpc) is 2.59. The number of hydrogen-bond donors (Lipinski definition) is 1. The summed E-state index contributed by atoms with van der Waals surface area (Å²) in [4.78, 5) is 11.9. The first-order chi connectivity index (χ1) is 12.2. The van der Waals surface area contributed by atoms with Gasteiger partial charge in [0, 0.05) is 12.1 Å². The first kappa shape index (κ1) is 19.7. The molecular weight excluding hydrogens is 348 g/mol. The van der Waals surface area contributed by atoms with Gasteiger partial charge in [0.1, 0.15) is 0 Å².